The van der Waals surface area contributed by atoms with Gasteiger partial charge in [0.05, 0.1) is 33.2 Å². The number of anilines is 1. The molecule has 128 valence electrons. The second-order valence-corrected chi connectivity index (χ2v) is 6.39. The third kappa shape index (κ3) is 3.87. The minimum atomic E-state index is -0.383. The first-order chi connectivity index (χ1) is 12.0. The summed E-state index contributed by atoms with van der Waals surface area (Å²) in [6.07, 6.45) is -0.0485. The average molecular weight is 398 g/mol. The molecule has 0 atom stereocenters. The lowest BCUT2D eigenvalue weighted by atomic mass is 10.1. The monoisotopic (exact) mass is 396 g/mol. The molecule has 0 aliphatic rings. The molecule has 1 aromatic heterocycles. The Bertz CT molecular complexity index is 997. The number of aromatic amines is 1. The number of hydrogen-bond acceptors (Lipinski definition) is 4. The van der Waals surface area contributed by atoms with Gasteiger partial charge in [-0.05, 0) is 18.2 Å². The Hall–Kier alpha value is -2.28. The van der Waals surface area contributed by atoms with E-state index in [1.54, 1.807) is 24.3 Å². The molecule has 0 saturated carbocycles. The van der Waals surface area contributed by atoms with Crippen molar-refractivity contribution < 1.29 is 4.79 Å². The van der Waals surface area contributed by atoms with Gasteiger partial charge in [-0.15, -0.1) is 0 Å². The number of H-pyrrole nitrogens is 1. The number of hydrogen-bond donors (Lipinski definition) is 3. The molecule has 2 aromatic carbocycles. The Balaban J connectivity index is 1.76. The number of carbonyl (C=O) groups is 1. The van der Waals surface area contributed by atoms with Gasteiger partial charge in [-0.3, -0.25) is 20.4 Å². The zero-order chi connectivity index (χ0) is 18.0. The summed E-state index contributed by atoms with van der Waals surface area (Å²) in [4.78, 5) is 23.9. The standard InChI is InChI=1S/C16H11Cl3N4O2/c17-8-5-11(18)15(12(19)6-8)22-21-14(24)7-13-9-3-1-2-4-10(9)16(25)23-20-13/h1-6,22H,7H2,(H,21,24)(H,23,25). The fourth-order valence-corrected chi connectivity index (χ4v) is 3.21. The van der Waals surface area contributed by atoms with Gasteiger partial charge in [-0.2, -0.15) is 5.10 Å². The number of aromatic nitrogens is 2. The van der Waals surface area contributed by atoms with E-state index in [1.807, 2.05) is 0 Å². The predicted molar refractivity (Wildman–Crippen MR) is 99.3 cm³/mol. The molecular weight excluding hydrogens is 387 g/mol. The number of amides is 1. The van der Waals surface area contributed by atoms with Crippen LogP contribution in [-0.2, 0) is 11.2 Å². The molecule has 3 N–H and O–H groups in total. The molecule has 1 amide bonds. The molecule has 6 nitrogen and oxygen atoms in total. The normalized spacial score (nSPS) is 10.7. The fraction of sp³-hybridized carbons (Fsp3) is 0.0625. The summed E-state index contributed by atoms with van der Waals surface area (Å²) >= 11 is 17.9. The van der Waals surface area contributed by atoms with Crippen LogP contribution in [0, 0.1) is 0 Å². The lowest BCUT2D eigenvalue weighted by molar-refractivity contribution is -0.120. The van der Waals surface area contributed by atoms with Crippen molar-refractivity contribution >= 4 is 57.2 Å². The Morgan fingerprint density at radius 3 is 2.40 bits per heavy atom. The van der Waals surface area contributed by atoms with Gasteiger partial charge < -0.3 is 0 Å². The van der Waals surface area contributed by atoms with Gasteiger partial charge in [0, 0.05) is 10.4 Å². The first-order valence-corrected chi connectivity index (χ1v) is 8.25. The van der Waals surface area contributed by atoms with Gasteiger partial charge in [0.25, 0.3) is 5.56 Å². The van der Waals surface area contributed by atoms with Crippen LogP contribution < -0.4 is 16.4 Å². The van der Waals surface area contributed by atoms with E-state index in [2.05, 4.69) is 21.0 Å². The van der Waals surface area contributed by atoms with E-state index in [0.29, 0.717) is 27.2 Å². The largest absolute Gasteiger partial charge is 0.296 e. The van der Waals surface area contributed by atoms with Crippen LogP contribution in [0.1, 0.15) is 5.69 Å². The fourth-order valence-electron chi connectivity index (χ4n) is 2.30. The van der Waals surface area contributed by atoms with Gasteiger partial charge in [0.1, 0.15) is 0 Å². The summed E-state index contributed by atoms with van der Waals surface area (Å²) < 4.78 is 0. The van der Waals surface area contributed by atoms with E-state index >= 15 is 0 Å². The van der Waals surface area contributed by atoms with Gasteiger partial charge in [-0.1, -0.05) is 53.0 Å². The quantitative estimate of drug-likeness (QED) is 0.587. The zero-order valence-electron chi connectivity index (χ0n) is 12.6. The summed E-state index contributed by atoms with van der Waals surface area (Å²) in [5.41, 5.74) is 5.63. The number of fused-ring (bicyclic) bond motifs is 1. The highest BCUT2D eigenvalue weighted by Gasteiger charge is 2.12. The topological polar surface area (TPSA) is 86.9 Å². The molecule has 25 heavy (non-hydrogen) atoms. The number of nitrogens with zero attached hydrogens (tertiary/aromatic N) is 1. The molecule has 9 heteroatoms. The van der Waals surface area contributed by atoms with E-state index in [9.17, 15) is 9.59 Å². The van der Waals surface area contributed by atoms with Gasteiger partial charge in [0.2, 0.25) is 5.91 Å². The van der Waals surface area contributed by atoms with Crippen molar-refractivity contribution in [1.29, 1.82) is 0 Å². The second-order valence-electron chi connectivity index (χ2n) is 5.14. The SMILES string of the molecule is O=C(Cc1n[nH]c(=O)c2ccccc12)NNc1c(Cl)cc(Cl)cc1Cl. The van der Waals surface area contributed by atoms with E-state index < -0.39 is 0 Å². The lowest BCUT2D eigenvalue weighted by Crippen LogP contribution is -2.31. The summed E-state index contributed by atoms with van der Waals surface area (Å²) in [5.74, 6) is -0.383. The van der Waals surface area contributed by atoms with Crippen molar-refractivity contribution in [3.05, 3.63) is 67.5 Å². The zero-order valence-corrected chi connectivity index (χ0v) is 14.8. The Morgan fingerprint density at radius 2 is 1.72 bits per heavy atom. The third-order valence-electron chi connectivity index (χ3n) is 3.44. The third-order valence-corrected chi connectivity index (χ3v) is 4.25. The lowest BCUT2D eigenvalue weighted by Gasteiger charge is -2.12. The Labute approximate surface area is 157 Å². The Kier molecular flexibility index (Phi) is 5.13. The van der Waals surface area contributed by atoms with Crippen LogP contribution in [-0.4, -0.2) is 16.1 Å². The highest BCUT2D eigenvalue weighted by molar-refractivity contribution is 6.41. The van der Waals surface area contributed by atoms with Crippen LogP contribution in [0.25, 0.3) is 10.8 Å². The molecule has 0 spiro atoms. The Morgan fingerprint density at radius 1 is 1.08 bits per heavy atom. The van der Waals surface area contributed by atoms with Crippen molar-refractivity contribution in [1.82, 2.24) is 15.6 Å². The number of halogens is 3. The van der Waals surface area contributed by atoms with Crippen molar-refractivity contribution in [3.63, 3.8) is 0 Å². The molecule has 0 fully saturated rings. The van der Waals surface area contributed by atoms with E-state index in [-0.39, 0.29) is 27.9 Å². The first-order valence-electron chi connectivity index (χ1n) is 7.11. The maximum atomic E-state index is 12.2. The van der Waals surface area contributed by atoms with Crippen molar-refractivity contribution in [3.8, 4) is 0 Å². The number of nitrogens with one attached hydrogen (secondary N) is 3. The first kappa shape index (κ1) is 17.5. The van der Waals surface area contributed by atoms with Gasteiger partial charge in [0.15, 0.2) is 0 Å². The van der Waals surface area contributed by atoms with Gasteiger partial charge >= 0.3 is 0 Å². The van der Waals surface area contributed by atoms with Crippen LogP contribution in [0.3, 0.4) is 0 Å². The van der Waals surface area contributed by atoms with Crippen LogP contribution in [0.15, 0.2) is 41.2 Å². The van der Waals surface area contributed by atoms with Crippen molar-refractivity contribution in [2.24, 2.45) is 0 Å². The van der Waals surface area contributed by atoms with Crippen LogP contribution in [0.2, 0.25) is 15.1 Å². The average Bonchev–Trinajstić information content (AvgIpc) is 2.57. The van der Waals surface area contributed by atoms with Crippen molar-refractivity contribution in [2.45, 2.75) is 6.42 Å². The van der Waals surface area contributed by atoms with Crippen LogP contribution in [0.4, 0.5) is 5.69 Å². The van der Waals surface area contributed by atoms with Crippen LogP contribution in [0.5, 0.6) is 0 Å². The van der Waals surface area contributed by atoms with E-state index in [1.165, 1.54) is 12.1 Å². The predicted octanol–water partition coefficient (Wildman–Crippen LogP) is 3.57. The van der Waals surface area contributed by atoms with Gasteiger partial charge in [-0.25, -0.2) is 5.10 Å². The van der Waals surface area contributed by atoms with Crippen LogP contribution >= 0.6 is 34.8 Å². The highest BCUT2D eigenvalue weighted by Crippen LogP contribution is 2.33. The summed E-state index contributed by atoms with van der Waals surface area (Å²) in [7, 11) is 0. The molecule has 1 heterocycles. The summed E-state index contributed by atoms with van der Waals surface area (Å²) in [6.45, 7) is 0. The summed E-state index contributed by atoms with van der Waals surface area (Å²) in [6, 6.07) is 9.92. The van der Waals surface area contributed by atoms with E-state index in [4.69, 9.17) is 34.8 Å². The van der Waals surface area contributed by atoms with E-state index in [0.717, 1.165) is 0 Å². The molecule has 0 radical (unpaired) electrons. The molecule has 0 bridgehead atoms. The molecule has 0 unspecified atom stereocenters. The smallest absolute Gasteiger partial charge is 0.272 e. The number of rotatable bonds is 4. The number of hydrazine groups is 1. The minimum absolute atomic E-state index is 0.0485. The number of benzene rings is 2. The molecule has 0 aliphatic carbocycles. The molecule has 3 aromatic rings. The second kappa shape index (κ2) is 7.31. The molecular formula is C16H11Cl3N4O2. The summed E-state index contributed by atoms with van der Waals surface area (Å²) in [5, 5.41) is 8.34. The molecule has 3 rings (SSSR count). The molecule has 0 saturated heterocycles. The highest BCUT2D eigenvalue weighted by atomic mass is 35.5. The van der Waals surface area contributed by atoms with Crippen molar-refractivity contribution in [2.75, 3.05) is 5.43 Å². The maximum Gasteiger partial charge on any atom is 0.272 e. The minimum Gasteiger partial charge on any atom is -0.296 e. The number of carbonyl (C=O) groups excluding carboxylic acids is 1. The molecule has 0 aliphatic heterocycles. The maximum absolute atomic E-state index is 12.2.